The molecule has 1 amide bonds. The third-order valence-corrected chi connectivity index (χ3v) is 4.23. The van der Waals surface area contributed by atoms with E-state index in [0.717, 1.165) is 12.8 Å². The lowest BCUT2D eigenvalue weighted by atomic mass is 10.1. The number of nitrogens with zero attached hydrogens (tertiary/aromatic N) is 2. The first kappa shape index (κ1) is 16.4. The minimum atomic E-state index is -0.561. The topological polar surface area (TPSA) is 66.9 Å². The summed E-state index contributed by atoms with van der Waals surface area (Å²) in [6.07, 6.45) is 7.36. The van der Waals surface area contributed by atoms with Gasteiger partial charge in [-0.2, -0.15) is 0 Å². The number of carbonyl (C=O) groups is 1. The Kier molecular flexibility index (Phi) is 5.36. The molecule has 1 aliphatic carbocycles. The molecule has 0 radical (unpaired) electrons. The van der Waals surface area contributed by atoms with Crippen molar-refractivity contribution in [2.75, 3.05) is 10.6 Å². The second-order valence-corrected chi connectivity index (χ2v) is 6.07. The lowest BCUT2D eigenvalue weighted by molar-refractivity contribution is 0.102. The maximum Gasteiger partial charge on any atom is 0.259 e. The highest BCUT2D eigenvalue weighted by Gasteiger charge is 2.14. The van der Waals surface area contributed by atoms with Crippen LogP contribution in [0.3, 0.4) is 0 Å². The van der Waals surface area contributed by atoms with Crippen molar-refractivity contribution in [3.05, 3.63) is 47.8 Å². The maximum atomic E-state index is 13.6. The van der Waals surface area contributed by atoms with Crippen LogP contribution in [0.2, 0.25) is 0 Å². The molecule has 2 aromatic rings. The molecule has 0 atom stereocenters. The smallest absolute Gasteiger partial charge is 0.259 e. The van der Waals surface area contributed by atoms with Crippen LogP contribution in [0.15, 0.2) is 36.4 Å². The van der Waals surface area contributed by atoms with Crippen LogP contribution in [0.1, 0.15) is 48.9 Å². The molecule has 1 aliphatic rings. The molecular formula is C18H21FN4O. The molecule has 0 aliphatic heterocycles. The first-order valence-electron chi connectivity index (χ1n) is 8.38. The van der Waals surface area contributed by atoms with Crippen molar-refractivity contribution in [1.82, 2.24) is 10.2 Å². The summed E-state index contributed by atoms with van der Waals surface area (Å²) in [5.74, 6) is -0.0954. The molecular weight excluding hydrogens is 307 g/mol. The summed E-state index contributed by atoms with van der Waals surface area (Å²) in [7, 11) is 0. The van der Waals surface area contributed by atoms with Crippen molar-refractivity contribution >= 4 is 17.5 Å². The summed E-state index contributed by atoms with van der Waals surface area (Å²) in [5.41, 5.74) is -0.0139. The Labute approximate surface area is 140 Å². The number of halogens is 1. The van der Waals surface area contributed by atoms with Gasteiger partial charge in [-0.15, -0.1) is 10.2 Å². The van der Waals surface area contributed by atoms with Gasteiger partial charge in [-0.05, 0) is 37.1 Å². The van der Waals surface area contributed by atoms with E-state index in [1.54, 1.807) is 24.3 Å². The molecule has 0 spiro atoms. The number of nitrogens with one attached hydrogen (secondary N) is 2. The summed E-state index contributed by atoms with van der Waals surface area (Å²) in [6, 6.07) is 9.73. The first-order chi connectivity index (χ1) is 11.7. The Bertz CT molecular complexity index is 682. The zero-order valence-corrected chi connectivity index (χ0v) is 13.5. The van der Waals surface area contributed by atoms with Gasteiger partial charge in [0.05, 0.1) is 5.56 Å². The summed E-state index contributed by atoms with van der Waals surface area (Å²) in [4.78, 5) is 12.0. The highest BCUT2D eigenvalue weighted by molar-refractivity contribution is 6.03. The van der Waals surface area contributed by atoms with E-state index >= 15 is 0 Å². The quantitative estimate of drug-likeness (QED) is 0.833. The molecule has 1 aromatic carbocycles. The highest BCUT2D eigenvalue weighted by atomic mass is 19.1. The monoisotopic (exact) mass is 328 g/mol. The standard InChI is InChI=1S/C18H21FN4O/c19-15-10-6-5-9-14(15)18(24)21-17-12-11-16(22-23-17)20-13-7-3-1-2-4-8-13/h5-6,9-13H,1-4,7-8H2,(H,20,22)(H,21,23,24). The third kappa shape index (κ3) is 4.28. The van der Waals surface area contributed by atoms with E-state index in [1.807, 2.05) is 0 Å². The fraction of sp³-hybridized carbons (Fsp3) is 0.389. The second-order valence-electron chi connectivity index (χ2n) is 6.07. The first-order valence-corrected chi connectivity index (χ1v) is 8.38. The Balaban J connectivity index is 1.60. The molecule has 0 bridgehead atoms. The average molecular weight is 328 g/mol. The van der Waals surface area contributed by atoms with Gasteiger partial charge in [0.15, 0.2) is 5.82 Å². The molecule has 2 N–H and O–H groups in total. The van der Waals surface area contributed by atoms with Gasteiger partial charge >= 0.3 is 0 Å². The van der Waals surface area contributed by atoms with Crippen molar-refractivity contribution in [1.29, 1.82) is 0 Å². The van der Waals surface area contributed by atoms with Gasteiger partial charge in [0.25, 0.3) is 5.91 Å². The number of amides is 1. The lowest BCUT2D eigenvalue weighted by Gasteiger charge is -2.16. The van der Waals surface area contributed by atoms with E-state index in [2.05, 4.69) is 20.8 Å². The summed E-state index contributed by atoms with van der Waals surface area (Å²) in [6.45, 7) is 0. The van der Waals surface area contributed by atoms with Crippen LogP contribution in [0.4, 0.5) is 16.0 Å². The highest BCUT2D eigenvalue weighted by Crippen LogP contribution is 2.20. The van der Waals surface area contributed by atoms with Crippen LogP contribution in [0.5, 0.6) is 0 Å². The molecule has 1 aromatic heterocycles. The number of hydrogen-bond donors (Lipinski definition) is 2. The molecule has 6 heteroatoms. The van der Waals surface area contributed by atoms with Crippen LogP contribution in [0, 0.1) is 5.82 Å². The molecule has 1 heterocycles. The largest absolute Gasteiger partial charge is 0.366 e. The minimum Gasteiger partial charge on any atom is -0.366 e. The summed E-state index contributed by atoms with van der Waals surface area (Å²) < 4.78 is 13.6. The molecule has 0 saturated heterocycles. The molecule has 1 saturated carbocycles. The fourth-order valence-electron chi connectivity index (χ4n) is 2.94. The molecule has 5 nitrogen and oxygen atoms in total. The van der Waals surface area contributed by atoms with Gasteiger partial charge in [0.2, 0.25) is 0 Å². The van der Waals surface area contributed by atoms with Crippen LogP contribution in [-0.4, -0.2) is 22.1 Å². The zero-order valence-electron chi connectivity index (χ0n) is 13.5. The Morgan fingerprint density at radius 1 is 0.958 bits per heavy atom. The maximum absolute atomic E-state index is 13.6. The number of rotatable bonds is 4. The lowest BCUT2D eigenvalue weighted by Crippen LogP contribution is -2.20. The van der Waals surface area contributed by atoms with Gasteiger partial charge in [0, 0.05) is 6.04 Å². The van der Waals surface area contributed by atoms with Crippen molar-refractivity contribution in [2.45, 2.75) is 44.6 Å². The number of aromatic nitrogens is 2. The Morgan fingerprint density at radius 2 is 1.62 bits per heavy atom. The van der Waals surface area contributed by atoms with Crippen LogP contribution in [-0.2, 0) is 0 Å². The minimum absolute atomic E-state index is 0.0139. The van der Waals surface area contributed by atoms with Gasteiger partial charge in [-0.25, -0.2) is 4.39 Å². The van der Waals surface area contributed by atoms with Gasteiger partial charge in [0.1, 0.15) is 11.6 Å². The Hall–Kier alpha value is -2.50. The van der Waals surface area contributed by atoms with E-state index in [0.29, 0.717) is 17.7 Å². The SMILES string of the molecule is O=C(Nc1ccc(NC2CCCCCC2)nn1)c1ccccc1F. The Morgan fingerprint density at radius 3 is 2.29 bits per heavy atom. The normalized spacial score (nSPS) is 15.5. The van der Waals surface area contributed by atoms with Gasteiger partial charge < -0.3 is 10.6 Å². The average Bonchev–Trinajstić information content (AvgIpc) is 2.86. The second kappa shape index (κ2) is 7.86. The number of anilines is 2. The molecule has 3 rings (SSSR count). The fourth-order valence-corrected chi connectivity index (χ4v) is 2.94. The summed E-state index contributed by atoms with van der Waals surface area (Å²) >= 11 is 0. The van der Waals surface area contributed by atoms with E-state index < -0.39 is 11.7 Å². The molecule has 0 unspecified atom stereocenters. The van der Waals surface area contributed by atoms with E-state index in [-0.39, 0.29) is 5.56 Å². The number of hydrogen-bond acceptors (Lipinski definition) is 4. The number of benzene rings is 1. The van der Waals surface area contributed by atoms with E-state index in [4.69, 9.17) is 0 Å². The molecule has 1 fully saturated rings. The number of carbonyl (C=O) groups excluding carboxylic acids is 1. The van der Waals surface area contributed by atoms with E-state index in [1.165, 1.54) is 37.8 Å². The molecule has 126 valence electrons. The van der Waals surface area contributed by atoms with Crippen molar-refractivity contribution in [3.8, 4) is 0 Å². The van der Waals surface area contributed by atoms with Crippen LogP contribution < -0.4 is 10.6 Å². The molecule has 24 heavy (non-hydrogen) atoms. The van der Waals surface area contributed by atoms with Crippen molar-refractivity contribution in [2.24, 2.45) is 0 Å². The van der Waals surface area contributed by atoms with Crippen LogP contribution >= 0.6 is 0 Å². The predicted octanol–water partition coefficient (Wildman–Crippen LogP) is 4.00. The van der Waals surface area contributed by atoms with Crippen LogP contribution in [0.25, 0.3) is 0 Å². The predicted molar refractivity (Wildman–Crippen MR) is 91.5 cm³/mol. The third-order valence-electron chi connectivity index (χ3n) is 4.23. The van der Waals surface area contributed by atoms with Gasteiger partial charge in [-0.1, -0.05) is 37.8 Å². The van der Waals surface area contributed by atoms with Crippen molar-refractivity contribution in [3.63, 3.8) is 0 Å². The summed E-state index contributed by atoms with van der Waals surface area (Å²) in [5, 5.41) is 14.1. The van der Waals surface area contributed by atoms with Gasteiger partial charge in [-0.3, -0.25) is 4.79 Å². The van der Waals surface area contributed by atoms with E-state index in [9.17, 15) is 9.18 Å². The zero-order chi connectivity index (χ0) is 16.8. The van der Waals surface area contributed by atoms with Crippen molar-refractivity contribution < 1.29 is 9.18 Å².